The Morgan fingerprint density at radius 1 is 1.04 bits per heavy atom. The summed E-state index contributed by atoms with van der Waals surface area (Å²) in [5.74, 6) is -0.141. The number of pyridine rings is 1. The van der Waals surface area contributed by atoms with Gasteiger partial charge in [0.1, 0.15) is 0 Å². The van der Waals surface area contributed by atoms with Gasteiger partial charge in [-0.3, -0.25) is 4.79 Å². The van der Waals surface area contributed by atoms with E-state index in [0.29, 0.717) is 21.3 Å². The topological polar surface area (TPSA) is 42.0 Å². The van der Waals surface area contributed by atoms with Crippen molar-refractivity contribution in [2.75, 3.05) is 0 Å². The smallest absolute Gasteiger partial charge is 0.252 e. The molecule has 128 valence electrons. The maximum atomic E-state index is 12.8. The number of para-hydroxylation sites is 1. The molecule has 1 heterocycles. The molecule has 1 N–H and O–H groups in total. The monoisotopic (exact) mass is 372 g/mol. The van der Waals surface area contributed by atoms with Crippen molar-refractivity contribution in [1.82, 2.24) is 10.3 Å². The standard InChI is InChI=1S/C20H18Cl2N2O/c1-20(2,3)24-19(25)15-11-18(14-9-8-12(21)10-16(14)22)23-17-7-5-4-6-13(15)17/h4-11H,1-3H3,(H,24,25). The molecule has 0 spiro atoms. The van der Waals surface area contributed by atoms with Crippen LogP contribution in [0.1, 0.15) is 31.1 Å². The third kappa shape index (κ3) is 3.94. The first-order valence-corrected chi connectivity index (χ1v) is 8.68. The summed E-state index contributed by atoms with van der Waals surface area (Å²) in [6, 6.07) is 14.6. The SMILES string of the molecule is CC(C)(C)NC(=O)c1cc(-c2ccc(Cl)cc2Cl)nc2ccccc12. The highest BCUT2D eigenvalue weighted by molar-refractivity contribution is 6.36. The van der Waals surface area contributed by atoms with E-state index in [1.54, 1.807) is 18.2 Å². The minimum Gasteiger partial charge on any atom is -0.347 e. The molecular weight excluding hydrogens is 355 g/mol. The molecule has 5 heteroatoms. The Morgan fingerprint density at radius 2 is 1.76 bits per heavy atom. The van der Waals surface area contributed by atoms with Crippen LogP contribution in [0, 0.1) is 0 Å². The van der Waals surface area contributed by atoms with E-state index in [1.165, 1.54) is 0 Å². The van der Waals surface area contributed by atoms with E-state index in [4.69, 9.17) is 23.2 Å². The van der Waals surface area contributed by atoms with Gasteiger partial charge in [-0.25, -0.2) is 4.98 Å². The van der Waals surface area contributed by atoms with Crippen LogP contribution < -0.4 is 5.32 Å². The van der Waals surface area contributed by atoms with Gasteiger partial charge in [0.2, 0.25) is 0 Å². The van der Waals surface area contributed by atoms with Gasteiger partial charge in [0.25, 0.3) is 5.91 Å². The van der Waals surface area contributed by atoms with Crippen LogP contribution in [0.25, 0.3) is 22.2 Å². The molecule has 25 heavy (non-hydrogen) atoms. The minimum absolute atomic E-state index is 0.141. The van der Waals surface area contributed by atoms with Crippen molar-refractivity contribution in [1.29, 1.82) is 0 Å². The summed E-state index contributed by atoms with van der Waals surface area (Å²) in [6.07, 6.45) is 0. The van der Waals surface area contributed by atoms with E-state index in [2.05, 4.69) is 10.3 Å². The lowest BCUT2D eigenvalue weighted by Crippen LogP contribution is -2.40. The number of amides is 1. The lowest BCUT2D eigenvalue weighted by molar-refractivity contribution is 0.0921. The second-order valence-electron chi connectivity index (χ2n) is 6.90. The van der Waals surface area contributed by atoms with E-state index in [9.17, 15) is 4.79 Å². The summed E-state index contributed by atoms with van der Waals surface area (Å²) in [6.45, 7) is 5.85. The zero-order chi connectivity index (χ0) is 18.2. The Labute approximate surface area is 157 Å². The van der Waals surface area contributed by atoms with Gasteiger partial charge in [0.15, 0.2) is 0 Å². The molecule has 3 aromatic rings. The molecule has 3 nitrogen and oxygen atoms in total. The Hall–Kier alpha value is -2.10. The number of fused-ring (bicyclic) bond motifs is 1. The number of carbonyl (C=O) groups excluding carboxylic acids is 1. The predicted molar refractivity (Wildman–Crippen MR) is 104 cm³/mol. The fraction of sp³-hybridized carbons (Fsp3) is 0.200. The minimum atomic E-state index is -0.334. The number of benzene rings is 2. The van der Waals surface area contributed by atoms with Crippen LogP contribution >= 0.6 is 23.2 Å². The maximum Gasteiger partial charge on any atom is 0.252 e. The lowest BCUT2D eigenvalue weighted by Gasteiger charge is -2.21. The summed E-state index contributed by atoms with van der Waals surface area (Å²) < 4.78 is 0. The number of nitrogens with one attached hydrogen (secondary N) is 1. The average Bonchev–Trinajstić information content (AvgIpc) is 2.52. The highest BCUT2D eigenvalue weighted by Crippen LogP contribution is 2.31. The van der Waals surface area contributed by atoms with Crippen LogP contribution in [0.4, 0.5) is 0 Å². The van der Waals surface area contributed by atoms with Crippen LogP contribution in [0.3, 0.4) is 0 Å². The van der Waals surface area contributed by atoms with E-state index in [1.807, 2.05) is 51.1 Å². The number of aromatic nitrogens is 1. The van der Waals surface area contributed by atoms with E-state index < -0.39 is 0 Å². The zero-order valence-electron chi connectivity index (χ0n) is 14.2. The molecule has 0 atom stereocenters. The summed E-state index contributed by atoms with van der Waals surface area (Å²) in [5, 5.41) is 4.87. The summed E-state index contributed by atoms with van der Waals surface area (Å²) in [4.78, 5) is 17.5. The third-order valence-corrected chi connectivity index (χ3v) is 4.20. The first-order chi connectivity index (χ1) is 11.7. The molecule has 1 aromatic heterocycles. The molecule has 0 aliphatic carbocycles. The number of nitrogens with zero attached hydrogens (tertiary/aromatic N) is 1. The van der Waals surface area contributed by atoms with Crippen LogP contribution in [0.2, 0.25) is 10.0 Å². The van der Waals surface area contributed by atoms with Crippen LogP contribution in [-0.2, 0) is 0 Å². The van der Waals surface area contributed by atoms with Crippen LogP contribution in [0.5, 0.6) is 0 Å². The van der Waals surface area contributed by atoms with Crippen molar-refractivity contribution in [3.8, 4) is 11.3 Å². The van der Waals surface area contributed by atoms with E-state index >= 15 is 0 Å². The van der Waals surface area contributed by atoms with Gasteiger partial charge in [-0.05, 0) is 51.1 Å². The Balaban J connectivity index is 2.20. The molecular formula is C20H18Cl2N2O. The number of hydrogen-bond acceptors (Lipinski definition) is 2. The normalized spacial score (nSPS) is 11.6. The second-order valence-corrected chi connectivity index (χ2v) is 7.74. The van der Waals surface area contributed by atoms with Gasteiger partial charge in [-0.15, -0.1) is 0 Å². The fourth-order valence-corrected chi connectivity index (χ4v) is 3.11. The highest BCUT2D eigenvalue weighted by atomic mass is 35.5. The van der Waals surface area contributed by atoms with Crippen LogP contribution in [0.15, 0.2) is 48.5 Å². The van der Waals surface area contributed by atoms with Crippen LogP contribution in [-0.4, -0.2) is 16.4 Å². The molecule has 1 amide bonds. The van der Waals surface area contributed by atoms with Gasteiger partial charge >= 0.3 is 0 Å². The van der Waals surface area contributed by atoms with Gasteiger partial charge < -0.3 is 5.32 Å². The third-order valence-electron chi connectivity index (χ3n) is 3.66. The summed E-state index contributed by atoms with van der Waals surface area (Å²) >= 11 is 12.3. The molecule has 0 saturated heterocycles. The largest absolute Gasteiger partial charge is 0.347 e. The lowest BCUT2D eigenvalue weighted by atomic mass is 10.0. The first-order valence-electron chi connectivity index (χ1n) is 7.92. The molecule has 0 fully saturated rings. The highest BCUT2D eigenvalue weighted by Gasteiger charge is 2.19. The number of carbonyl (C=O) groups is 1. The Kier molecular flexibility index (Phi) is 4.72. The number of rotatable bonds is 2. The summed E-state index contributed by atoms with van der Waals surface area (Å²) in [7, 11) is 0. The van der Waals surface area contributed by atoms with Crippen molar-refractivity contribution in [3.05, 3.63) is 64.1 Å². The molecule has 0 aliphatic heterocycles. The molecule has 0 bridgehead atoms. The van der Waals surface area contributed by atoms with Crippen molar-refractivity contribution in [2.24, 2.45) is 0 Å². The van der Waals surface area contributed by atoms with E-state index in [-0.39, 0.29) is 11.4 Å². The van der Waals surface area contributed by atoms with Gasteiger partial charge in [0, 0.05) is 21.5 Å². The van der Waals surface area contributed by atoms with Crippen molar-refractivity contribution in [2.45, 2.75) is 26.3 Å². The van der Waals surface area contributed by atoms with Crippen molar-refractivity contribution >= 4 is 40.0 Å². The Bertz CT molecular complexity index is 962. The molecule has 2 aromatic carbocycles. The van der Waals surface area contributed by atoms with Crippen molar-refractivity contribution in [3.63, 3.8) is 0 Å². The molecule has 3 rings (SSSR count). The number of halogens is 2. The zero-order valence-corrected chi connectivity index (χ0v) is 15.7. The summed E-state index contributed by atoms with van der Waals surface area (Å²) in [5.41, 5.74) is 2.35. The second kappa shape index (κ2) is 6.66. The van der Waals surface area contributed by atoms with Crippen molar-refractivity contribution < 1.29 is 4.79 Å². The molecule has 0 radical (unpaired) electrons. The fourth-order valence-electron chi connectivity index (χ4n) is 2.61. The van der Waals surface area contributed by atoms with Gasteiger partial charge in [-0.2, -0.15) is 0 Å². The number of hydrogen-bond donors (Lipinski definition) is 1. The predicted octanol–water partition coefficient (Wildman–Crippen LogP) is 5.74. The first kappa shape index (κ1) is 17.7. The molecule has 0 unspecified atom stereocenters. The van der Waals surface area contributed by atoms with Gasteiger partial charge in [-0.1, -0.05) is 41.4 Å². The average molecular weight is 373 g/mol. The molecule has 0 aliphatic rings. The van der Waals surface area contributed by atoms with E-state index in [0.717, 1.165) is 16.5 Å². The Morgan fingerprint density at radius 3 is 2.44 bits per heavy atom. The maximum absolute atomic E-state index is 12.8. The molecule has 0 saturated carbocycles. The van der Waals surface area contributed by atoms with Gasteiger partial charge in [0.05, 0.1) is 21.8 Å². The quantitative estimate of drug-likeness (QED) is 0.623.